The van der Waals surface area contributed by atoms with Crippen LogP contribution in [0.4, 0.5) is 5.69 Å². The Morgan fingerprint density at radius 2 is 1.72 bits per heavy atom. The number of fused-ring (bicyclic) bond motifs is 3. The van der Waals surface area contributed by atoms with Crippen molar-refractivity contribution in [3.63, 3.8) is 0 Å². The summed E-state index contributed by atoms with van der Waals surface area (Å²) >= 11 is 7.36. The van der Waals surface area contributed by atoms with Gasteiger partial charge in [-0.2, -0.15) is 0 Å². The van der Waals surface area contributed by atoms with Crippen LogP contribution >= 0.6 is 23.4 Å². The van der Waals surface area contributed by atoms with E-state index < -0.39 is 0 Å². The van der Waals surface area contributed by atoms with Crippen molar-refractivity contribution in [3.8, 4) is 0 Å². The molecule has 0 aliphatic carbocycles. The molecular weight excluding hydrogens is 446 g/mol. The fourth-order valence-corrected chi connectivity index (χ4v) is 4.54. The fraction of sp³-hybridized carbons (Fsp3) is 0.0870. The lowest BCUT2D eigenvalue weighted by Crippen LogP contribution is -2.02. The van der Waals surface area contributed by atoms with Crippen molar-refractivity contribution < 1.29 is 4.92 Å². The molecule has 9 heteroatoms. The highest BCUT2D eigenvalue weighted by molar-refractivity contribution is 7.98. The van der Waals surface area contributed by atoms with Gasteiger partial charge in [0.1, 0.15) is 5.52 Å². The van der Waals surface area contributed by atoms with E-state index in [2.05, 4.69) is 14.8 Å². The molecule has 0 saturated heterocycles. The number of aromatic nitrogens is 4. The molecule has 5 aromatic rings. The van der Waals surface area contributed by atoms with Crippen LogP contribution in [0.15, 0.2) is 78.0 Å². The lowest BCUT2D eigenvalue weighted by molar-refractivity contribution is -0.385. The molecule has 0 N–H and O–H groups in total. The van der Waals surface area contributed by atoms with Gasteiger partial charge in [0, 0.05) is 34.3 Å². The van der Waals surface area contributed by atoms with Crippen molar-refractivity contribution in [2.45, 2.75) is 17.5 Å². The van der Waals surface area contributed by atoms with E-state index in [4.69, 9.17) is 16.6 Å². The van der Waals surface area contributed by atoms with Crippen molar-refractivity contribution in [1.29, 1.82) is 0 Å². The number of rotatable bonds is 6. The molecule has 2 aromatic heterocycles. The number of hydrogen-bond acceptors (Lipinski definition) is 6. The number of benzene rings is 3. The van der Waals surface area contributed by atoms with E-state index in [1.54, 1.807) is 18.2 Å². The van der Waals surface area contributed by atoms with Crippen molar-refractivity contribution in [2.75, 3.05) is 0 Å². The lowest BCUT2D eigenvalue weighted by Gasteiger charge is -2.07. The van der Waals surface area contributed by atoms with E-state index in [9.17, 15) is 10.1 Å². The van der Waals surface area contributed by atoms with Crippen LogP contribution in [-0.2, 0) is 12.3 Å². The van der Waals surface area contributed by atoms with Gasteiger partial charge in [0.2, 0.25) is 5.16 Å². The van der Waals surface area contributed by atoms with E-state index in [-0.39, 0.29) is 10.6 Å². The molecule has 0 atom stereocenters. The minimum absolute atomic E-state index is 0.0888. The summed E-state index contributed by atoms with van der Waals surface area (Å²) in [5.74, 6) is 0.377. The topological polar surface area (TPSA) is 86.7 Å². The van der Waals surface area contributed by atoms with Gasteiger partial charge in [-0.1, -0.05) is 71.9 Å². The molecule has 0 saturated carbocycles. The monoisotopic (exact) mass is 461 g/mol. The summed E-state index contributed by atoms with van der Waals surface area (Å²) in [7, 11) is 0. The molecule has 0 spiro atoms. The summed E-state index contributed by atoms with van der Waals surface area (Å²) in [5.41, 5.74) is 4.26. The number of hydrogen-bond donors (Lipinski definition) is 0. The van der Waals surface area contributed by atoms with Gasteiger partial charge in [0.25, 0.3) is 5.69 Å². The van der Waals surface area contributed by atoms with Crippen molar-refractivity contribution in [3.05, 3.63) is 99.1 Å². The molecule has 2 heterocycles. The molecule has 3 aromatic carbocycles. The Hall–Kier alpha value is -3.49. The Labute approximate surface area is 192 Å². The van der Waals surface area contributed by atoms with Crippen molar-refractivity contribution in [2.24, 2.45) is 0 Å². The van der Waals surface area contributed by atoms with Gasteiger partial charge in [0.05, 0.1) is 10.4 Å². The Morgan fingerprint density at radius 3 is 2.53 bits per heavy atom. The third kappa shape index (κ3) is 3.90. The molecule has 0 amide bonds. The summed E-state index contributed by atoms with van der Waals surface area (Å²) in [5, 5.41) is 22.1. The highest BCUT2D eigenvalue weighted by atomic mass is 35.5. The number of para-hydroxylation sites is 2. The van der Waals surface area contributed by atoms with Crippen LogP contribution in [0.3, 0.4) is 0 Å². The largest absolute Gasteiger partial charge is 0.319 e. The quantitative estimate of drug-likeness (QED) is 0.178. The molecule has 0 fully saturated rings. The summed E-state index contributed by atoms with van der Waals surface area (Å²) in [4.78, 5) is 15.7. The minimum atomic E-state index is -0.373. The summed E-state index contributed by atoms with van der Waals surface area (Å²) in [6, 6.07) is 22.4. The molecule has 0 bridgehead atoms. The summed E-state index contributed by atoms with van der Waals surface area (Å²) in [6.45, 7) is 0.605. The van der Waals surface area contributed by atoms with E-state index in [1.807, 2.05) is 48.5 Å². The van der Waals surface area contributed by atoms with Crippen LogP contribution in [0.5, 0.6) is 0 Å². The highest BCUT2D eigenvalue weighted by Gasteiger charge is 2.17. The van der Waals surface area contributed by atoms with Crippen LogP contribution in [-0.4, -0.2) is 24.7 Å². The first-order valence-electron chi connectivity index (χ1n) is 9.81. The Morgan fingerprint density at radius 1 is 0.969 bits per heavy atom. The number of nitro groups is 1. The number of halogens is 1. The second-order valence-electron chi connectivity index (χ2n) is 7.17. The Balaban J connectivity index is 1.53. The van der Waals surface area contributed by atoms with Crippen molar-refractivity contribution >= 4 is 51.1 Å². The van der Waals surface area contributed by atoms with Gasteiger partial charge in [0.15, 0.2) is 5.65 Å². The van der Waals surface area contributed by atoms with E-state index in [0.29, 0.717) is 28.0 Å². The molecule has 0 radical (unpaired) electrons. The average molecular weight is 462 g/mol. The first-order valence-corrected chi connectivity index (χ1v) is 11.2. The van der Waals surface area contributed by atoms with Crippen LogP contribution in [0.25, 0.3) is 22.1 Å². The van der Waals surface area contributed by atoms with Crippen LogP contribution in [0, 0.1) is 10.1 Å². The van der Waals surface area contributed by atoms with Gasteiger partial charge < -0.3 is 4.57 Å². The molecule has 32 heavy (non-hydrogen) atoms. The Bertz CT molecular complexity index is 1450. The first-order chi connectivity index (χ1) is 15.6. The molecule has 158 valence electrons. The third-order valence-corrected chi connectivity index (χ3v) is 6.29. The van der Waals surface area contributed by atoms with Gasteiger partial charge >= 0.3 is 0 Å². The molecule has 0 unspecified atom stereocenters. The van der Waals surface area contributed by atoms with Crippen LogP contribution < -0.4 is 0 Å². The number of nitro benzene ring substituents is 1. The maximum atomic E-state index is 11.3. The lowest BCUT2D eigenvalue weighted by atomic mass is 10.2. The van der Waals surface area contributed by atoms with Crippen molar-refractivity contribution in [1.82, 2.24) is 19.7 Å². The predicted molar refractivity (Wildman–Crippen MR) is 126 cm³/mol. The molecular formula is C23H16ClN5O2S. The number of nitrogens with zero attached hydrogens (tertiary/aromatic N) is 5. The van der Waals surface area contributed by atoms with Gasteiger partial charge in [-0.25, -0.2) is 4.98 Å². The maximum absolute atomic E-state index is 11.3. The van der Waals surface area contributed by atoms with Gasteiger partial charge in [-0.05, 0) is 23.8 Å². The van der Waals surface area contributed by atoms with Crippen LogP contribution in [0.1, 0.15) is 11.1 Å². The van der Waals surface area contributed by atoms with Gasteiger partial charge in [-0.3, -0.25) is 10.1 Å². The van der Waals surface area contributed by atoms with E-state index >= 15 is 0 Å². The normalized spacial score (nSPS) is 11.3. The second kappa shape index (κ2) is 8.57. The smallest absolute Gasteiger partial charge is 0.273 e. The first kappa shape index (κ1) is 20.4. The average Bonchev–Trinajstić information content (AvgIpc) is 3.12. The van der Waals surface area contributed by atoms with E-state index in [0.717, 1.165) is 27.6 Å². The molecule has 7 nitrogen and oxygen atoms in total. The van der Waals surface area contributed by atoms with Crippen LogP contribution in [0.2, 0.25) is 5.02 Å². The molecule has 0 aliphatic heterocycles. The summed E-state index contributed by atoms with van der Waals surface area (Å²) in [6.07, 6.45) is 0. The highest BCUT2D eigenvalue weighted by Crippen LogP contribution is 2.30. The van der Waals surface area contributed by atoms with Gasteiger partial charge in [-0.15, -0.1) is 10.2 Å². The third-order valence-electron chi connectivity index (χ3n) is 5.15. The standard InChI is InChI=1S/C23H16ClN5O2S/c24-17-11-9-15(10-12-17)13-28-20-8-4-2-6-18(20)21-22(28)25-23(27-26-21)32-14-16-5-1-3-7-19(16)29(30)31/h1-12H,13-14H2. The second-order valence-corrected chi connectivity index (χ2v) is 8.55. The molecule has 5 rings (SSSR count). The minimum Gasteiger partial charge on any atom is -0.319 e. The zero-order chi connectivity index (χ0) is 22.1. The maximum Gasteiger partial charge on any atom is 0.273 e. The zero-order valence-electron chi connectivity index (χ0n) is 16.7. The zero-order valence-corrected chi connectivity index (χ0v) is 18.3. The predicted octanol–water partition coefficient (Wildman–Crippen LogP) is 5.88. The molecule has 0 aliphatic rings. The number of thioether (sulfide) groups is 1. The SMILES string of the molecule is O=[N+]([O-])c1ccccc1CSc1nnc2c3ccccc3n(Cc3ccc(Cl)cc3)c2n1. The Kier molecular flexibility index (Phi) is 5.46. The summed E-state index contributed by atoms with van der Waals surface area (Å²) < 4.78 is 2.11. The fourth-order valence-electron chi connectivity index (χ4n) is 3.64. The van der Waals surface area contributed by atoms with E-state index in [1.165, 1.54) is 17.8 Å².